The summed E-state index contributed by atoms with van der Waals surface area (Å²) in [5.74, 6) is -1.06. The molecule has 0 N–H and O–H groups in total. The highest BCUT2D eigenvalue weighted by Crippen LogP contribution is 2.37. The van der Waals surface area contributed by atoms with E-state index in [0.29, 0.717) is 0 Å². The Hall–Kier alpha value is -2.62. The van der Waals surface area contributed by atoms with Crippen molar-refractivity contribution in [3.8, 4) is 0 Å². The zero-order chi connectivity index (χ0) is 19.1. The highest BCUT2D eigenvalue weighted by atomic mass is 16.5. The number of methoxy groups -OCH3 is 1. The van der Waals surface area contributed by atoms with Crippen molar-refractivity contribution < 1.29 is 14.3 Å². The molecule has 0 aliphatic rings. The summed E-state index contributed by atoms with van der Waals surface area (Å²) in [7, 11) is 3.19. The number of rotatable bonds is 7. The standard InChI is InChI=1S/C22H27NO3/c1-16(2)23(3)22(25)21(18-13-9-6-10-14-18)19(15-20(24)26-4)17-11-7-5-8-12-17/h5-14,16,19,21H,15H2,1-4H3. The van der Waals surface area contributed by atoms with Gasteiger partial charge in [-0.15, -0.1) is 0 Å². The maximum atomic E-state index is 13.3. The summed E-state index contributed by atoms with van der Waals surface area (Å²) in [6.07, 6.45) is 0.151. The number of ether oxygens (including phenoxy) is 1. The molecule has 2 aromatic rings. The van der Waals surface area contributed by atoms with Gasteiger partial charge in [-0.25, -0.2) is 0 Å². The van der Waals surface area contributed by atoms with Gasteiger partial charge in [-0.3, -0.25) is 9.59 Å². The summed E-state index contributed by atoms with van der Waals surface area (Å²) in [5.41, 5.74) is 1.86. The minimum atomic E-state index is -0.454. The zero-order valence-corrected chi connectivity index (χ0v) is 15.9. The topological polar surface area (TPSA) is 46.6 Å². The van der Waals surface area contributed by atoms with E-state index in [1.54, 1.807) is 4.90 Å². The fourth-order valence-corrected chi connectivity index (χ4v) is 3.07. The molecule has 26 heavy (non-hydrogen) atoms. The molecule has 0 saturated carbocycles. The van der Waals surface area contributed by atoms with E-state index in [0.717, 1.165) is 11.1 Å². The highest BCUT2D eigenvalue weighted by molar-refractivity contribution is 5.86. The first-order chi connectivity index (χ1) is 12.5. The molecule has 2 rings (SSSR count). The van der Waals surface area contributed by atoms with Crippen LogP contribution in [0.4, 0.5) is 0 Å². The summed E-state index contributed by atoms with van der Waals surface area (Å²) in [6.45, 7) is 3.97. The van der Waals surface area contributed by atoms with Gasteiger partial charge in [-0.2, -0.15) is 0 Å². The van der Waals surface area contributed by atoms with Crippen LogP contribution >= 0.6 is 0 Å². The van der Waals surface area contributed by atoms with Gasteiger partial charge in [0.2, 0.25) is 5.91 Å². The van der Waals surface area contributed by atoms with E-state index in [9.17, 15) is 9.59 Å². The number of benzene rings is 2. The fourth-order valence-electron chi connectivity index (χ4n) is 3.07. The molecule has 2 atom stereocenters. The number of hydrogen-bond donors (Lipinski definition) is 0. The molecule has 2 unspecified atom stereocenters. The van der Waals surface area contributed by atoms with Crippen LogP contribution in [0.5, 0.6) is 0 Å². The maximum absolute atomic E-state index is 13.3. The third kappa shape index (κ3) is 4.72. The van der Waals surface area contributed by atoms with E-state index in [-0.39, 0.29) is 30.3 Å². The average Bonchev–Trinajstić information content (AvgIpc) is 2.67. The van der Waals surface area contributed by atoms with Crippen molar-refractivity contribution >= 4 is 11.9 Å². The average molecular weight is 353 g/mol. The molecule has 0 heterocycles. The lowest BCUT2D eigenvalue weighted by Crippen LogP contribution is -2.39. The Bertz CT molecular complexity index is 713. The van der Waals surface area contributed by atoms with Gasteiger partial charge in [0.25, 0.3) is 0 Å². The quantitative estimate of drug-likeness (QED) is 0.707. The monoisotopic (exact) mass is 353 g/mol. The SMILES string of the molecule is COC(=O)CC(c1ccccc1)C(C(=O)N(C)C(C)C)c1ccccc1. The van der Waals surface area contributed by atoms with E-state index >= 15 is 0 Å². The molecule has 0 saturated heterocycles. The molecule has 0 aliphatic heterocycles. The van der Waals surface area contributed by atoms with Gasteiger partial charge in [0.15, 0.2) is 0 Å². The maximum Gasteiger partial charge on any atom is 0.306 e. The number of carbonyl (C=O) groups excluding carboxylic acids is 2. The predicted molar refractivity (Wildman–Crippen MR) is 103 cm³/mol. The number of amides is 1. The first-order valence-corrected chi connectivity index (χ1v) is 8.89. The van der Waals surface area contributed by atoms with Gasteiger partial charge in [0, 0.05) is 19.0 Å². The van der Waals surface area contributed by atoms with Crippen LogP contribution in [0, 0.1) is 0 Å². The normalized spacial score (nSPS) is 13.1. The van der Waals surface area contributed by atoms with Crippen molar-refractivity contribution in [1.82, 2.24) is 4.90 Å². The van der Waals surface area contributed by atoms with E-state index < -0.39 is 5.92 Å². The lowest BCUT2D eigenvalue weighted by atomic mass is 9.78. The lowest BCUT2D eigenvalue weighted by molar-refractivity contribution is -0.141. The minimum absolute atomic E-state index is 0.00366. The Morgan fingerprint density at radius 2 is 1.42 bits per heavy atom. The largest absolute Gasteiger partial charge is 0.469 e. The fraction of sp³-hybridized carbons (Fsp3) is 0.364. The minimum Gasteiger partial charge on any atom is -0.469 e. The molecule has 4 nitrogen and oxygen atoms in total. The van der Waals surface area contributed by atoms with Crippen LogP contribution in [0.2, 0.25) is 0 Å². The second-order valence-electron chi connectivity index (χ2n) is 6.73. The summed E-state index contributed by atoms with van der Waals surface area (Å²) >= 11 is 0. The number of nitrogens with zero attached hydrogens (tertiary/aromatic N) is 1. The summed E-state index contributed by atoms with van der Waals surface area (Å²) in [6, 6.07) is 19.5. The molecule has 0 radical (unpaired) electrons. The molecule has 1 amide bonds. The second kappa shape index (κ2) is 9.18. The van der Waals surface area contributed by atoms with Crippen LogP contribution in [0.15, 0.2) is 60.7 Å². The van der Waals surface area contributed by atoms with Gasteiger partial charge >= 0.3 is 5.97 Å². The second-order valence-corrected chi connectivity index (χ2v) is 6.73. The molecular formula is C22H27NO3. The number of likely N-dealkylation sites (N-methyl/N-ethyl adjacent to an activating group) is 1. The molecule has 0 fully saturated rings. The Morgan fingerprint density at radius 3 is 1.88 bits per heavy atom. The molecule has 138 valence electrons. The van der Waals surface area contributed by atoms with Gasteiger partial charge in [-0.05, 0) is 25.0 Å². The van der Waals surface area contributed by atoms with Crippen molar-refractivity contribution in [2.24, 2.45) is 0 Å². The first-order valence-electron chi connectivity index (χ1n) is 8.89. The van der Waals surface area contributed by atoms with Crippen molar-refractivity contribution in [2.75, 3.05) is 14.2 Å². The van der Waals surface area contributed by atoms with Crippen LogP contribution in [0.1, 0.15) is 43.2 Å². The number of hydrogen-bond acceptors (Lipinski definition) is 3. The van der Waals surface area contributed by atoms with Crippen LogP contribution in [0.3, 0.4) is 0 Å². The Morgan fingerprint density at radius 1 is 0.923 bits per heavy atom. The van der Waals surface area contributed by atoms with E-state index in [4.69, 9.17) is 4.74 Å². The molecular weight excluding hydrogens is 326 g/mol. The summed E-state index contributed by atoms with van der Waals surface area (Å²) in [4.78, 5) is 27.2. The smallest absolute Gasteiger partial charge is 0.306 e. The Balaban J connectivity index is 2.54. The molecule has 2 aromatic carbocycles. The van der Waals surface area contributed by atoms with Crippen LogP contribution < -0.4 is 0 Å². The first kappa shape index (κ1) is 19.7. The van der Waals surface area contributed by atoms with Crippen molar-refractivity contribution in [2.45, 2.75) is 38.1 Å². The highest BCUT2D eigenvalue weighted by Gasteiger charge is 2.35. The zero-order valence-electron chi connectivity index (χ0n) is 15.9. The third-order valence-corrected chi connectivity index (χ3v) is 4.79. The van der Waals surface area contributed by atoms with Gasteiger partial charge in [-0.1, -0.05) is 60.7 Å². The Labute approximate surface area is 155 Å². The van der Waals surface area contributed by atoms with Crippen molar-refractivity contribution in [3.05, 3.63) is 71.8 Å². The van der Waals surface area contributed by atoms with Gasteiger partial charge in [0.1, 0.15) is 0 Å². The molecule has 0 bridgehead atoms. The predicted octanol–water partition coefficient (Wildman–Crippen LogP) is 3.98. The Kier molecular flexibility index (Phi) is 6.96. The van der Waals surface area contributed by atoms with Crippen molar-refractivity contribution in [3.63, 3.8) is 0 Å². The number of carbonyl (C=O) groups is 2. The third-order valence-electron chi connectivity index (χ3n) is 4.79. The summed E-state index contributed by atoms with van der Waals surface area (Å²) in [5, 5.41) is 0. The van der Waals surface area contributed by atoms with E-state index in [2.05, 4.69) is 0 Å². The van der Waals surface area contributed by atoms with E-state index in [1.807, 2.05) is 81.6 Å². The number of esters is 1. The lowest BCUT2D eigenvalue weighted by Gasteiger charge is -2.32. The van der Waals surface area contributed by atoms with Crippen molar-refractivity contribution in [1.29, 1.82) is 0 Å². The molecule has 4 heteroatoms. The molecule has 0 aromatic heterocycles. The van der Waals surface area contributed by atoms with Gasteiger partial charge < -0.3 is 9.64 Å². The van der Waals surface area contributed by atoms with Crippen LogP contribution in [-0.4, -0.2) is 37.0 Å². The summed E-state index contributed by atoms with van der Waals surface area (Å²) < 4.78 is 4.91. The van der Waals surface area contributed by atoms with Crippen LogP contribution in [-0.2, 0) is 14.3 Å². The molecule has 0 spiro atoms. The van der Waals surface area contributed by atoms with Crippen LogP contribution in [0.25, 0.3) is 0 Å². The molecule has 0 aliphatic carbocycles. The van der Waals surface area contributed by atoms with Gasteiger partial charge in [0.05, 0.1) is 19.4 Å². The van der Waals surface area contributed by atoms with E-state index in [1.165, 1.54) is 7.11 Å².